The summed E-state index contributed by atoms with van der Waals surface area (Å²) in [5, 5.41) is 5.32. The average Bonchev–Trinajstić information content (AvgIpc) is 3.08. The van der Waals surface area contributed by atoms with Crippen molar-refractivity contribution in [2.24, 2.45) is 0 Å². The predicted molar refractivity (Wildman–Crippen MR) is 124 cm³/mol. The van der Waals surface area contributed by atoms with E-state index in [1.807, 2.05) is 37.4 Å². The zero-order chi connectivity index (χ0) is 21.7. The van der Waals surface area contributed by atoms with Crippen LogP contribution in [0.3, 0.4) is 0 Å². The normalized spacial score (nSPS) is 16.2. The van der Waals surface area contributed by atoms with Gasteiger partial charge in [0, 0.05) is 23.2 Å². The van der Waals surface area contributed by atoms with E-state index in [9.17, 15) is 4.79 Å². The number of hydrogen-bond acceptors (Lipinski definition) is 3. The van der Waals surface area contributed by atoms with Gasteiger partial charge in [0.1, 0.15) is 0 Å². The molecule has 1 aliphatic carbocycles. The van der Waals surface area contributed by atoms with E-state index in [1.165, 1.54) is 11.1 Å². The molecular weight excluding hydrogens is 406 g/mol. The van der Waals surface area contributed by atoms with Crippen LogP contribution in [0.2, 0.25) is 5.02 Å². The molecule has 2 aromatic carbocycles. The summed E-state index contributed by atoms with van der Waals surface area (Å²) in [6.45, 7) is 6.35. The van der Waals surface area contributed by atoms with Gasteiger partial charge >= 0.3 is 0 Å². The van der Waals surface area contributed by atoms with Gasteiger partial charge < -0.3 is 0 Å². The van der Waals surface area contributed by atoms with Gasteiger partial charge in [-0.3, -0.25) is 4.79 Å². The van der Waals surface area contributed by atoms with Crippen LogP contribution in [-0.4, -0.2) is 20.4 Å². The van der Waals surface area contributed by atoms with E-state index in [0.29, 0.717) is 22.9 Å². The van der Waals surface area contributed by atoms with Gasteiger partial charge in [-0.05, 0) is 54.0 Å². The lowest BCUT2D eigenvalue weighted by Gasteiger charge is -2.23. The Kier molecular flexibility index (Phi) is 4.90. The zero-order valence-corrected chi connectivity index (χ0v) is 18.6. The first-order valence-corrected chi connectivity index (χ1v) is 11.1. The van der Waals surface area contributed by atoms with Crippen molar-refractivity contribution < 1.29 is 4.79 Å². The van der Waals surface area contributed by atoms with Gasteiger partial charge in [-0.1, -0.05) is 61.8 Å². The van der Waals surface area contributed by atoms with Crippen LogP contribution >= 0.6 is 11.6 Å². The maximum absolute atomic E-state index is 13.0. The number of ketones is 1. The number of Topliss-reactive ketones (excluding diaryl/α,β-unsaturated/α-hetero) is 1. The van der Waals surface area contributed by atoms with Crippen molar-refractivity contribution in [1.29, 1.82) is 0 Å². The Labute approximate surface area is 186 Å². The zero-order valence-electron chi connectivity index (χ0n) is 17.9. The highest BCUT2D eigenvalue weighted by molar-refractivity contribution is 6.30. The molecular formula is C26H24ClN3O. The smallest absolute Gasteiger partial charge is 0.166 e. The Morgan fingerprint density at radius 1 is 1.03 bits per heavy atom. The van der Waals surface area contributed by atoms with Gasteiger partial charge in [0.15, 0.2) is 11.4 Å². The molecule has 5 rings (SSSR count). The monoisotopic (exact) mass is 429 g/mol. The number of aromatic nitrogens is 3. The second-order valence-corrected chi connectivity index (χ2v) is 9.12. The molecule has 4 aromatic rings. The van der Waals surface area contributed by atoms with Crippen LogP contribution in [0.1, 0.15) is 65.0 Å². The van der Waals surface area contributed by atoms with Crippen molar-refractivity contribution in [1.82, 2.24) is 14.6 Å². The minimum Gasteiger partial charge on any atom is -0.294 e. The summed E-state index contributed by atoms with van der Waals surface area (Å²) in [5.74, 6) is 0.781. The number of carbonyl (C=O) groups is 1. The lowest BCUT2D eigenvalue weighted by Crippen LogP contribution is -2.21. The average molecular weight is 430 g/mol. The first-order valence-electron chi connectivity index (χ1n) is 10.7. The Morgan fingerprint density at radius 2 is 1.74 bits per heavy atom. The third-order valence-corrected chi connectivity index (χ3v) is 6.49. The Balaban J connectivity index is 1.56. The van der Waals surface area contributed by atoms with Gasteiger partial charge in [-0.2, -0.15) is 5.10 Å². The van der Waals surface area contributed by atoms with E-state index in [1.54, 1.807) is 4.52 Å². The highest BCUT2D eigenvalue weighted by Crippen LogP contribution is 2.35. The summed E-state index contributed by atoms with van der Waals surface area (Å²) in [6, 6.07) is 16.4. The summed E-state index contributed by atoms with van der Waals surface area (Å²) in [5.41, 5.74) is 7.72. The maximum Gasteiger partial charge on any atom is 0.166 e. The minimum absolute atomic E-state index is 0.134. The maximum atomic E-state index is 13.0. The number of fused-ring (bicyclic) bond motifs is 2. The van der Waals surface area contributed by atoms with E-state index in [4.69, 9.17) is 16.6 Å². The van der Waals surface area contributed by atoms with Crippen molar-refractivity contribution in [2.75, 3.05) is 0 Å². The topological polar surface area (TPSA) is 47.3 Å². The lowest BCUT2D eigenvalue weighted by molar-refractivity contribution is 0.0962. The van der Waals surface area contributed by atoms with E-state index < -0.39 is 0 Å². The van der Waals surface area contributed by atoms with Gasteiger partial charge in [0.2, 0.25) is 0 Å². The summed E-state index contributed by atoms with van der Waals surface area (Å²) < 4.78 is 1.74. The van der Waals surface area contributed by atoms with Crippen LogP contribution in [-0.2, 0) is 6.42 Å². The molecule has 5 heteroatoms. The molecule has 0 radical (unpaired) electrons. The van der Waals surface area contributed by atoms with Gasteiger partial charge in [-0.25, -0.2) is 9.50 Å². The number of benzene rings is 2. The Bertz CT molecular complexity index is 1290. The largest absolute Gasteiger partial charge is 0.294 e. The van der Waals surface area contributed by atoms with Crippen molar-refractivity contribution in [2.45, 2.75) is 45.4 Å². The number of nitrogens with zero attached hydrogens (tertiary/aromatic N) is 3. The molecule has 0 saturated carbocycles. The molecule has 0 aliphatic heterocycles. The lowest BCUT2D eigenvalue weighted by atomic mass is 9.81. The van der Waals surface area contributed by atoms with Crippen molar-refractivity contribution >= 4 is 23.0 Å². The number of carbonyl (C=O) groups excluding carboxylic acids is 1. The number of halogens is 1. The van der Waals surface area contributed by atoms with Crippen LogP contribution < -0.4 is 0 Å². The second-order valence-electron chi connectivity index (χ2n) is 8.69. The third-order valence-electron chi connectivity index (χ3n) is 6.24. The summed E-state index contributed by atoms with van der Waals surface area (Å²) in [7, 11) is 0. The fourth-order valence-corrected chi connectivity index (χ4v) is 4.61. The molecule has 0 N–H and O–H groups in total. The van der Waals surface area contributed by atoms with Crippen LogP contribution in [0.25, 0.3) is 16.8 Å². The Hall–Kier alpha value is -2.98. The van der Waals surface area contributed by atoms with Crippen LogP contribution in [0.4, 0.5) is 0 Å². The molecule has 1 atom stereocenters. The van der Waals surface area contributed by atoms with Crippen molar-refractivity contribution in [3.05, 3.63) is 87.8 Å². The molecule has 0 saturated heterocycles. The number of hydrogen-bond donors (Lipinski definition) is 0. The highest BCUT2D eigenvalue weighted by atomic mass is 35.5. The van der Waals surface area contributed by atoms with E-state index >= 15 is 0 Å². The summed E-state index contributed by atoms with van der Waals surface area (Å²) in [4.78, 5) is 17.9. The molecule has 2 aromatic heterocycles. The standard InChI is InChI=1S/C26H24ClN3O/c1-15(2)17-4-6-18(7-5-17)20-12-23-22(24(31)13-20)14-30-26(28-23)25(16(3)29-30)19-8-10-21(27)11-9-19/h4-11,14-15,20H,12-13H2,1-3H3. The molecule has 4 nitrogen and oxygen atoms in total. The molecule has 156 valence electrons. The fourth-order valence-electron chi connectivity index (χ4n) is 4.49. The van der Waals surface area contributed by atoms with Gasteiger partial charge in [0.05, 0.1) is 17.0 Å². The molecule has 1 unspecified atom stereocenters. The number of aryl methyl sites for hydroxylation is 1. The van der Waals surface area contributed by atoms with Crippen molar-refractivity contribution in [3.63, 3.8) is 0 Å². The molecule has 31 heavy (non-hydrogen) atoms. The molecule has 0 fully saturated rings. The first kappa shape index (κ1) is 20.0. The molecule has 0 amide bonds. The van der Waals surface area contributed by atoms with E-state index in [-0.39, 0.29) is 11.7 Å². The fraction of sp³-hybridized carbons (Fsp3) is 0.269. The SMILES string of the molecule is Cc1nn2cc3c(nc2c1-c1ccc(Cl)cc1)CC(c1ccc(C(C)C)cc1)CC3=O. The summed E-state index contributed by atoms with van der Waals surface area (Å²) in [6.07, 6.45) is 3.11. The molecule has 0 bridgehead atoms. The van der Waals surface area contributed by atoms with Crippen molar-refractivity contribution in [3.8, 4) is 11.1 Å². The van der Waals surface area contributed by atoms with Gasteiger partial charge in [-0.15, -0.1) is 0 Å². The third kappa shape index (κ3) is 3.55. The van der Waals surface area contributed by atoms with Crippen LogP contribution in [0.5, 0.6) is 0 Å². The highest BCUT2D eigenvalue weighted by Gasteiger charge is 2.29. The van der Waals surface area contributed by atoms with Crippen LogP contribution in [0, 0.1) is 6.92 Å². The summed E-state index contributed by atoms with van der Waals surface area (Å²) >= 11 is 6.07. The number of rotatable bonds is 3. The quantitative estimate of drug-likeness (QED) is 0.379. The van der Waals surface area contributed by atoms with E-state index in [2.05, 4.69) is 43.2 Å². The van der Waals surface area contributed by atoms with Gasteiger partial charge in [0.25, 0.3) is 0 Å². The Morgan fingerprint density at radius 3 is 2.42 bits per heavy atom. The minimum atomic E-state index is 0.134. The molecule has 1 aliphatic rings. The second kappa shape index (κ2) is 7.61. The van der Waals surface area contributed by atoms with E-state index in [0.717, 1.165) is 34.6 Å². The molecule has 2 heterocycles. The first-order chi connectivity index (χ1) is 14.9. The van der Waals surface area contributed by atoms with Crippen LogP contribution in [0.15, 0.2) is 54.7 Å². The molecule has 0 spiro atoms. The predicted octanol–water partition coefficient (Wildman–Crippen LogP) is 6.39.